The number of ether oxygens (including phenoxy) is 1. The molecule has 2 rings (SSSR count). The Morgan fingerprint density at radius 2 is 2.04 bits per heavy atom. The summed E-state index contributed by atoms with van der Waals surface area (Å²) in [7, 11) is 0. The largest absolute Gasteiger partial charge is 0.494 e. The van der Waals surface area contributed by atoms with E-state index >= 15 is 0 Å². The second-order valence-electron chi connectivity index (χ2n) is 5.04. The van der Waals surface area contributed by atoms with Crippen LogP contribution in [0.2, 0.25) is 5.02 Å². The molecule has 1 N–H and O–H groups in total. The Kier molecular flexibility index (Phi) is 6.47. The summed E-state index contributed by atoms with van der Waals surface area (Å²) in [6, 6.07) is 10.9. The molecule has 0 spiro atoms. The van der Waals surface area contributed by atoms with Gasteiger partial charge in [-0.15, -0.1) is 0 Å². The molecule has 0 radical (unpaired) electrons. The van der Waals surface area contributed by atoms with Crippen molar-refractivity contribution in [2.24, 2.45) is 5.10 Å². The van der Waals surface area contributed by atoms with Crippen molar-refractivity contribution < 1.29 is 14.5 Å². The number of benzene rings is 2. The van der Waals surface area contributed by atoms with Crippen LogP contribution in [-0.2, 0) is 0 Å². The van der Waals surface area contributed by atoms with Crippen LogP contribution in [0.1, 0.15) is 29.3 Å². The van der Waals surface area contributed by atoms with Gasteiger partial charge >= 0.3 is 0 Å². The third kappa shape index (κ3) is 5.29. The second kappa shape index (κ2) is 8.79. The number of nitrogens with zero attached hydrogens (tertiary/aromatic N) is 2. The minimum Gasteiger partial charge on any atom is -0.494 e. The van der Waals surface area contributed by atoms with Crippen molar-refractivity contribution in [3.05, 3.63) is 68.7 Å². The summed E-state index contributed by atoms with van der Waals surface area (Å²) in [6.45, 7) is 2.62. The fourth-order valence-corrected chi connectivity index (χ4v) is 2.09. The maximum atomic E-state index is 12.0. The van der Waals surface area contributed by atoms with Gasteiger partial charge in [-0.3, -0.25) is 14.9 Å². The standard InChI is InChI=1S/C17H16ClN3O4/c1-2-9-25-14-6-4-13(5-7-14)17(22)20-19-11-12-3-8-15(18)16(10-12)21(23)24/h3-8,10-11H,2,9H2,1H3,(H,20,22)/b19-11+. The van der Waals surface area contributed by atoms with Crippen molar-refractivity contribution in [2.75, 3.05) is 6.61 Å². The summed E-state index contributed by atoms with van der Waals surface area (Å²) in [6.07, 6.45) is 2.21. The number of carbonyl (C=O) groups excluding carboxylic acids is 1. The molecule has 0 heterocycles. The summed E-state index contributed by atoms with van der Waals surface area (Å²) in [5, 5.41) is 14.7. The number of nitrogens with one attached hydrogen (secondary N) is 1. The summed E-state index contributed by atoms with van der Waals surface area (Å²) in [5.41, 5.74) is 3.00. The van der Waals surface area contributed by atoms with Gasteiger partial charge in [-0.2, -0.15) is 5.10 Å². The highest BCUT2D eigenvalue weighted by molar-refractivity contribution is 6.32. The number of carbonyl (C=O) groups is 1. The van der Waals surface area contributed by atoms with Crippen molar-refractivity contribution in [3.63, 3.8) is 0 Å². The van der Waals surface area contributed by atoms with Gasteiger partial charge in [-0.25, -0.2) is 5.43 Å². The van der Waals surface area contributed by atoms with E-state index in [1.807, 2.05) is 6.92 Å². The summed E-state index contributed by atoms with van der Waals surface area (Å²) >= 11 is 5.73. The van der Waals surface area contributed by atoms with Gasteiger partial charge in [0.2, 0.25) is 0 Å². The lowest BCUT2D eigenvalue weighted by molar-refractivity contribution is -0.384. The van der Waals surface area contributed by atoms with E-state index < -0.39 is 10.8 Å². The average molecular weight is 362 g/mol. The molecular weight excluding hydrogens is 346 g/mol. The molecule has 0 aromatic heterocycles. The number of halogens is 1. The zero-order valence-electron chi connectivity index (χ0n) is 13.4. The van der Waals surface area contributed by atoms with Crippen LogP contribution >= 0.6 is 11.6 Å². The molecule has 0 aliphatic rings. The number of rotatable bonds is 7. The molecule has 1 amide bonds. The van der Waals surface area contributed by atoms with Gasteiger partial charge in [0.05, 0.1) is 17.7 Å². The molecule has 0 aliphatic carbocycles. The number of hydrogen-bond acceptors (Lipinski definition) is 5. The highest BCUT2D eigenvalue weighted by atomic mass is 35.5. The van der Waals surface area contributed by atoms with Gasteiger partial charge in [0.15, 0.2) is 0 Å². The molecule has 2 aromatic carbocycles. The lowest BCUT2D eigenvalue weighted by atomic mass is 10.2. The topological polar surface area (TPSA) is 93.8 Å². The molecule has 130 valence electrons. The molecule has 7 nitrogen and oxygen atoms in total. The maximum absolute atomic E-state index is 12.0. The molecule has 0 unspecified atom stereocenters. The van der Waals surface area contributed by atoms with E-state index in [1.165, 1.54) is 18.3 Å². The fraction of sp³-hybridized carbons (Fsp3) is 0.176. The van der Waals surface area contributed by atoms with E-state index in [1.54, 1.807) is 30.3 Å². The average Bonchev–Trinajstić information content (AvgIpc) is 2.61. The van der Waals surface area contributed by atoms with E-state index in [9.17, 15) is 14.9 Å². The highest BCUT2D eigenvalue weighted by Gasteiger charge is 2.12. The molecule has 0 saturated carbocycles. The van der Waals surface area contributed by atoms with Crippen LogP contribution in [0, 0.1) is 10.1 Å². The van der Waals surface area contributed by atoms with Crippen LogP contribution in [-0.4, -0.2) is 23.7 Å². The van der Waals surface area contributed by atoms with Crippen molar-refractivity contribution >= 4 is 29.4 Å². The first-order valence-electron chi connectivity index (χ1n) is 7.51. The Bertz CT molecular complexity index is 791. The predicted molar refractivity (Wildman–Crippen MR) is 95.4 cm³/mol. The van der Waals surface area contributed by atoms with Gasteiger partial charge < -0.3 is 4.74 Å². The Hall–Kier alpha value is -2.93. The van der Waals surface area contributed by atoms with Crippen LogP contribution in [0.15, 0.2) is 47.6 Å². The Labute approximate surface area is 149 Å². The highest BCUT2D eigenvalue weighted by Crippen LogP contribution is 2.24. The quantitative estimate of drug-likeness (QED) is 0.461. The molecular formula is C17H16ClN3O4. The number of hydrazone groups is 1. The molecule has 25 heavy (non-hydrogen) atoms. The van der Waals surface area contributed by atoms with E-state index in [0.717, 1.165) is 6.42 Å². The van der Waals surface area contributed by atoms with E-state index in [4.69, 9.17) is 16.3 Å². The third-order valence-electron chi connectivity index (χ3n) is 3.14. The molecule has 0 aliphatic heterocycles. The van der Waals surface area contributed by atoms with Crippen LogP contribution in [0.3, 0.4) is 0 Å². The zero-order chi connectivity index (χ0) is 18.2. The molecule has 0 saturated heterocycles. The lowest BCUT2D eigenvalue weighted by Gasteiger charge is -2.05. The van der Waals surface area contributed by atoms with Crippen molar-refractivity contribution in [1.82, 2.24) is 5.43 Å². The normalized spacial score (nSPS) is 10.6. The molecule has 8 heteroatoms. The molecule has 0 bridgehead atoms. The van der Waals surface area contributed by atoms with Gasteiger partial charge in [0.1, 0.15) is 10.8 Å². The number of nitro benzene ring substituents is 1. The van der Waals surface area contributed by atoms with Crippen molar-refractivity contribution in [3.8, 4) is 5.75 Å². The molecule has 0 atom stereocenters. The lowest BCUT2D eigenvalue weighted by Crippen LogP contribution is -2.17. The van der Waals surface area contributed by atoms with Crippen LogP contribution in [0.25, 0.3) is 0 Å². The first-order chi connectivity index (χ1) is 12.0. The van der Waals surface area contributed by atoms with Gasteiger partial charge in [0.25, 0.3) is 11.6 Å². The number of nitro groups is 1. The Morgan fingerprint density at radius 1 is 1.32 bits per heavy atom. The fourth-order valence-electron chi connectivity index (χ4n) is 1.90. The minimum absolute atomic E-state index is 0.0385. The summed E-state index contributed by atoms with van der Waals surface area (Å²) in [4.78, 5) is 22.2. The third-order valence-corrected chi connectivity index (χ3v) is 3.46. The van der Waals surface area contributed by atoms with Crippen molar-refractivity contribution in [2.45, 2.75) is 13.3 Å². The van der Waals surface area contributed by atoms with E-state index in [0.29, 0.717) is 23.5 Å². The maximum Gasteiger partial charge on any atom is 0.288 e. The molecule has 0 fully saturated rings. The monoisotopic (exact) mass is 361 g/mol. The van der Waals surface area contributed by atoms with Gasteiger partial charge in [0, 0.05) is 17.2 Å². The van der Waals surface area contributed by atoms with Crippen LogP contribution in [0.5, 0.6) is 5.75 Å². The first kappa shape index (κ1) is 18.4. The predicted octanol–water partition coefficient (Wildman–Crippen LogP) is 3.80. The van der Waals surface area contributed by atoms with Crippen LogP contribution < -0.4 is 10.2 Å². The molecule has 2 aromatic rings. The smallest absolute Gasteiger partial charge is 0.288 e. The van der Waals surface area contributed by atoms with Crippen LogP contribution in [0.4, 0.5) is 5.69 Å². The van der Waals surface area contributed by atoms with E-state index in [-0.39, 0.29) is 10.7 Å². The minimum atomic E-state index is -0.583. The number of amides is 1. The Morgan fingerprint density at radius 3 is 2.68 bits per heavy atom. The van der Waals surface area contributed by atoms with Crippen molar-refractivity contribution in [1.29, 1.82) is 0 Å². The summed E-state index contributed by atoms with van der Waals surface area (Å²) in [5.74, 6) is 0.289. The van der Waals surface area contributed by atoms with Gasteiger partial charge in [-0.05, 0) is 36.8 Å². The van der Waals surface area contributed by atoms with E-state index in [2.05, 4.69) is 10.5 Å². The Balaban J connectivity index is 1.98. The second-order valence-corrected chi connectivity index (χ2v) is 5.45. The van der Waals surface area contributed by atoms with Gasteiger partial charge in [-0.1, -0.05) is 24.6 Å². The SMILES string of the molecule is CCCOc1ccc(C(=O)N/N=C/c2ccc(Cl)c([N+](=O)[O-])c2)cc1. The summed E-state index contributed by atoms with van der Waals surface area (Å²) < 4.78 is 5.44. The first-order valence-corrected chi connectivity index (χ1v) is 7.89. The number of hydrogen-bond donors (Lipinski definition) is 1. The zero-order valence-corrected chi connectivity index (χ0v) is 14.2.